The van der Waals surface area contributed by atoms with Crippen molar-refractivity contribution in [2.45, 2.75) is 12.5 Å². The summed E-state index contributed by atoms with van der Waals surface area (Å²) >= 11 is 4.40. The molecule has 0 spiro atoms. The molecular weight excluding hydrogens is 408 g/mol. The molecule has 1 aromatic carbocycles. The SMILES string of the molecule is NC(Cc1cc(I)cc(I)c1)C(=O)O. The van der Waals surface area contributed by atoms with Gasteiger partial charge in [-0.2, -0.15) is 0 Å². The van der Waals surface area contributed by atoms with Crippen molar-refractivity contribution in [3.05, 3.63) is 30.9 Å². The van der Waals surface area contributed by atoms with Gasteiger partial charge in [0.25, 0.3) is 0 Å². The summed E-state index contributed by atoms with van der Waals surface area (Å²) in [5.41, 5.74) is 6.41. The number of rotatable bonds is 3. The average Bonchev–Trinajstić information content (AvgIpc) is 2.01. The van der Waals surface area contributed by atoms with Crippen LogP contribution in [-0.2, 0) is 11.2 Å². The first kappa shape index (κ1) is 12.2. The maximum absolute atomic E-state index is 10.5. The molecule has 1 rings (SSSR count). The molecule has 14 heavy (non-hydrogen) atoms. The Labute approximate surface area is 109 Å². The van der Waals surface area contributed by atoms with Crippen molar-refractivity contribution in [2.24, 2.45) is 5.73 Å². The van der Waals surface area contributed by atoms with Gasteiger partial charge in [0.15, 0.2) is 0 Å². The largest absolute Gasteiger partial charge is 0.480 e. The first-order valence-electron chi connectivity index (χ1n) is 3.92. The fraction of sp³-hybridized carbons (Fsp3) is 0.222. The third kappa shape index (κ3) is 3.70. The highest BCUT2D eigenvalue weighted by atomic mass is 127. The van der Waals surface area contributed by atoms with Gasteiger partial charge < -0.3 is 10.8 Å². The van der Waals surface area contributed by atoms with Crippen LogP contribution in [0.4, 0.5) is 0 Å². The van der Waals surface area contributed by atoms with Crippen LogP contribution in [0.3, 0.4) is 0 Å². The van der Waals surface area contributed by atoms with Crippen LogP contribution in [0.2, 0.25) is 0 Å². The van der Waals surface area contributed by atoms with Crippen LogP contribution < -0.4 is 5.73 Å². The Bertz CT molecular complexity index is 334. The van der Waals surface area contributed by atoms with Crippen LogP contribution in [0.15, 0.2) is 18.2 Å². The number of benzene rings is 1. The van der Waals surface area contributed by atoms with Crippen LogP contribution in [0.5, 0.6) is 0 Å². The third-order valence-electron chi connectivity index (χ3n) is 1.70. The molecule has 0 radical (unpaired) electrons. The Morgan fingerprint density at radius 2 is 1.86 bits per heavy atom. The van der Waals surface area contributed by atoms with Crippen LogP contribution in [-0.4, -0.2) is 17.1 Å². The van der Waals surface area contributed by atoms with E-state index < -0.39 is 12.0 Å². The summed E-state index contributed by atoms with van der Waals surface area (Å²) in [6.45, 7) is 0. The lowest BCUT2D eigenvalue weighted by Gasteiger charge is -2.07. The van der Waals surface area contributed by atoms with Crippen molar-refractivity contribution in [3.63, 3.8) is 0 Å². The highest BCUT2D eigenvalue weighted by molar-refractivity contribution is 14.1. The van der Waals surface area contributed by atoms with Crippen LogP contribution in [0, 0.1) is 7.14 Å². The van der Waals surface area contributed by atoms with E-state index >= 15 is 0 Å². The van der Waals surface area contributed by atoms with E-state index in [1.54, 1.807) is 0 Å². The molecule has 0 fully saturated rings. The van der Waals surface area contributed by atoms with Crippen molar-refractivity contribution in [3.8, 4) is 0 Å². The number of aliphatic carboxylic acids is 1. The molecule has 3 N–H and O–H groups in total. The lowest BCUT2D eigenvalue weighted by molar-refractivity contribution is -0.138. The highest BCUT2D eigenvalue weighted by Crippen LogP contribution is 2.15. The van der Waals surface area contributed by atoms with Crippen LogP contribution in [0.25, 0.3) is 0 Å². The van der Waals surface area contributed by atoms with Crippen molar-refractivity contribution in [1.29, 1.82) is 0 Å². The second-order valence-electron chi connectivity index (χ2n) is 2.93. The van der Waals surface area contributed by atoms with Crippen molar-refractivity contribution < 1.29 is 9.90 Å². The van der Waals surface area contributed by atoms with E-state index in [0.717, 1.165) is 12.7 Å². The monoisotopic (exact) mass is 417 g/mol. The molecule has 0 saturated heterocycles. The van der Waals surface area contributed by atoms with Gasteiger partial charge in [-0.3, -0.25) is 4.79 Å². The van der Waals surface area contributed by atoms with Gasteiger partial charge in [-0.1, -0.05) is 0 Å². The van der Waals surface area contributed by atoms with E-state index in [4.69, 9.17) is 10.8 Å². The molecular formula is C9H9I2NO2. The molecule has 0 heterocycles. The second kappa shape index (κ2) is 5.26. The summed E-state index contributed by atoms with van der Waals surface area (Å²) in [5.74, 6) is -0.959. The van der Waals surface area contributed by atoms with Gasteiger partial charge >= 0.3 is 5.97 Å². The zero-order valence-corrected chi connectivity index (χ0v) is 11.5. The lowest BCUT2D eigenvalue weighted by Crippen LogP contribution is -2.32. The minimum Gasteiger partial charge on any atom is -0.480 e. The maximum atomic E-state index is 10.5. The second-order valence-corrected chi connectivity index (χ2v) is 5.42. The first-order chi connectivity index (χ1) is 6.49. The number of halogens is 2. The Kier molecular flexibility index (Phi) is 4.58. The van der Waals surface area contributed by atoms with Gasteiger partial charge in [0.2, 0.25) is 0 Å². The smallest absolute Gasteiger partial charge is 0.320 e. The van der Waals surface area contributed by atoms with Crippen LogP contribution >= 0.6 is 45.2 Å². The standard InChI is InChI=1S/C9H9I2NO2/c10-6-1-5(2-7(11)4-6)3-8(12)9(13)14/h1-2,4,8H,3,12H2,(H,13,14). The molecule has 1 aromatic rings. The zero-order chi connectivity index (χ0) is 10.7. The molecule has 0 bridgehead atoms. The summed E-state index contributed by atoms with van der Waals surface area (Å²) < 4.78 is 2.20. The summed E-state index contributed by atoms with van der Waals surface area (Å²) in [4.78, 5) is 10.5. The molecule has 76 valence electrons. The molecule has 0 amide bonds. The van der Waals surface area contributed by atoms with E-state index in [-0.39, 0.29) is 0 Å². The Morgan fingerprint density at radius 3 is 2.29 bits per heavy atom. The number of hydrogen-bond donors (Lipinski definition) is 2. The number of carboxylic acid groups (broad SMARTS) is 1. The van der Waals surface area contributed by atoms with E-state index in [1.807, 2.05) is 18.2 Å². The van der Waals surface area contributed by atoms with Gasteiger partial charge in [-0.15, -0.1) is 0 Å². The summed E-state index contributed by atoms with van der Waals surface area (Å²) in [6.07, 6.45) is 0.377. The molecule has 0 aliphatic heterocycles. The lowest BCUT2D eigenvalue weighted by atomic mass is 10.1. The first-order valence-corrected chi connectivity index (χ1v) is 6.08. The average molecular weight is 417 g/mol. The molecule has 0 saturated carbocycles. The number of hydrogen-bond acceptors (Lipinski definition) is 2. The minimum absolute atomic E-state index is 0.377. The zero-order valence-electron chi connectivity index (χ0n) is 7.21. The van der Waals surface area contributed by atoms with Crippen molar-refractivity contribution in [1.82, 2.24) is 0 Å². The molecule has 3 nitrogen and oxygen atoms in total. The molecule has 0 aromatic heterocycles. The number of carbonyl (C=O) groups is 1. The molecule has 0 aliphatic rings. The predicted molar refractivity (Wildman–Crippen MR) is 71.2 cm³/mol. The van der Waals surface area contributed by atoms with E-state index in [9.17, 15) is 4.79 Å². The third-order valence-corrected chi connectivity index (χ3v) is 2.94. The Balaban J connectivity index is 2.81. The summed E-state index contributed by atoms with van der Waals surface area (Å²) in [5, 5.41) is 8.65. The van der Waals surface area contributed by atoms with Crippen LogP contribution in [0.1, 0.15) is 5.56 Å². The van der Waals surface area contributed by atoms with E-state index in [0.29, 0.717) is 6.42 Å². The topological polar surface area (TPSA) is 63.3 Å². The van der Waals surface area contributed by atoms with Gasteiger partial charge in [0.05, 0.1) is 0 Å². The van der Waals surface area contributed by atoms with Crippen molar-refractivity contribution >= 4 is 51.2 Å². The quantitative estimate of drug-likeness (QED) is 0.739. The van der Waals surface area contributed by atoms with Gasteiger partial charge in [-0.25, -0.2) is 0 Å². The van der Waals surface area contributed by atoms with Gasteiger partial charge in [0, 0.05) is 7.14 Å². The fourth-order valence-electron chi connectivity index (χ4n) is 1.07. The van der Waals surface area contributed by atoms with E-state index in [1.165, 1.54) is 0 Å². The minimum atomic E-state index is -0.959. The number of carboxylic acids is 1. The molecule has 5 heteroatoms. The predicted octanol–water partition coefficient (Wildman–Crippen LogP) is 1.85. The van der Waals surface area contributed by atoms with Gasteiger partial charge in [0.1, 0.15) is 6.04 Å². The maximum Gasteiger partial charge on any atom is 0.320 e. The Morgan fingerprint density at radius 1 is 1.36 bits per heavy atom. The van der Waals surface area contributed by atoms with Gasteiger partial charge in [-0.05, 0) is 75.4 Å². The van der Waals surface area contributed by atoms with Crippen molar-refractivity contribution in [2.75, 3.05) is 0 Å². The fourth-order valence-corrected chi connectivity index (χ4v) is 3.14. The normalized spacial score (nSPS) is 12.5. The Hall–Kier alpha value is 0.110. The molecule has 1 atom stereocenters. The molecule has 0 aliphatic carbocycles. The molecule has 1 unspecified atom stereocenters. The summed E-state index contributed by atoms with van der Waals surface area (Å²) in [7, 11) is 0. The number of nitrogens with two attached hydrogens (primary N) is 1. The summed E-state index contributed by atoms with van der Waals surface area (Å²) in [6, 6.07) is 5.11. The van der Waals surface area contributed by atoms with E-state index in [2.05, 4.69) is 45.2 Å². The highest BCUT2D eigenvalue weighted by Gasteiger charge is 2.12.